The standard InChI is InChI=1S/C19H21Cl2NO4S/c1-4-13(2)22(19(23)15-8-9-17(20)18(21)11-15)12-14-6-5-7-16(10-14)26-27(3,24)25/h5-11,13H,4,12H2,1-3H3. The Morgan fingerprint density at radius 3 is 2.44 bits per heavy atom. The highest BCUT2D eigenvalue weighted by atomic mass is 35.5. The minimum absolute atomic E-state index is 0.0357. The van der Waals surface area contributed by atoms with Crippen LogP contribution in [0.1, 0.15) is 36.2 Å². The maximum absolute atomic E-state index is 13.0. The Hall–Kier alpha value is -1.76. The number of benzene rings is 2. The monoisotopic (exact) mass is 429 g/mol. The van der Waals surface area contributed by atoms with E-state index >= 15 is 0 Å². The third-order valence-electron chi connectivity index (χ3n) is 4.05. The van der Waals surface area contributed by atoms with Gasteiger partial charge in [-0.15, -0.1) is 0 Å². The van der Waals surface area contributed by atoms with Gasteiger partial charge in [0.1, 0.15) is 5.75 Å². The van der Waals surface area contributed by atoms with Crippen LogP contribution in [0.3, 0.4) is 0 Å². The summed E-state index contributed by atoms with van der Waals surface area (Å²) >= 11 is 12.0. The first-order valence-corrected chi connectivity index (χ1v) is 10.9. The largest absolute Gasteiger partial charge is 0.383 e. The van der Waals surface area contributed by atoms with Gasteiger partial charge in [-0.25, -0.2) is 0 Å². The van der Waals surface area contributed by atoms with Crippen molar-refractivity contribution in [3.63, 3.8) is 0 Å². The summed E-state index contributed by atoms with van der Waals surface area (Å²) in [5.41, 5.74) is 1.19. The number of halogens is 2. The van der Waals surface area contributed by atoms with Crippen molar-refractivity contribution in [3.05, 3.63) is 63.6 Å². The molecule has 0 heterocycles. The molecule has 146 valence electrons. The van der Waals surface area contributed by atoms with Crippen molar-refractivity contribution in [2.75, 3.05) is 6.26 Å². The van der Waals surface area contributed by atoms with Crippen LogP contribution >= 0.6 is 23.2 Å². The van der Waals surface area contributed by atoms with Crippen LogP contribution in [0, 0.1) is 0 Å². The Morgan fingerprint density at radius 2 is 1.85 bits per heavy atom. The molecule has 2 aromatic rings. The number of rotatable bonds is 7. The minimum atomic E-state index is -3.62. The first kappa shape index (κ1) is 21.5. The Kier molecular flexibility index (Phi) is 7.14. The molecule has 0 radical (unpaired) electrons. The molecule has 1 unspecified atom stereocenters. The molecule has 0 fully saturated rings. The van der Waals surface area contributed by atoms with E-state index in [2.05, 4.69) is 0 Å². The zero-order valence-electron chi connectivity index (χ0n) is 15.3. The topological polar surface area (TPSA) is 63.7 Å². The molecule has 0 bridgehead atoms. The van der Waals surface area contributed by atoms with E-state index < -0.39 is 10.1 Å². The predicted octanol–water partition coefficient (Wildman–Crippen LogP) is 4.77. The Labute approximate surface area is 170 Å². The summed E-state index contributed by atoms with van der Waals surface area (Å²) in [5, 5.41) is 0.698. The molecule has 0 N–H and O–H groups in total. The predicted molar refractivity (Wildman–Crippen MR) is 108 cm³/mol. The van der Waals surface area contributed by atoms with Gasteiger partial charge in [-0.1, -0.05) is 42.3 Å². The Morgan fingerprint density at radius 1 is 1.15 bits per heavy atom. The fraction of sp³-hybridized carbons (Fsp3) is 0.316. The van der Waals surface area contributed by atoms with Gasteiger partial charge >= 0.3 is 10.1 Å². The van der Waals surface area contributed by atoms with Gasteiger partial charge in [-0.3, -0.25) is 4.79 Å². The van der Waals surface area contributed by atoms with Crippen molar-refractivity contribution in [3.8, 4) is 5.75 Å². The number of carbonyl (C=O) groups excluding carboxylic acids is 1. The van der Waals surface area contributed by atoms with Crippen molar-refractivity contribution < 1.29 is 17.4 Å². The van der Waals surface area contributed by atoms with Crippen LogP contribution < -0.4 is 4.18 Å². The molecule has 1 amide bonds. The van der Waals surface area contributed by atoms with Gasteiger partial charge in [0, 0.05) is 18.2 Å². The number of hydrogen-bond acceptors (Lipinski definition) is 4. The molecular formula is C19H21Cl2NO4S. The summed E-state index contributed by atoms with van der Waals surface area (Å²) in [6.07, 6.45) is 1.74. The molecule has 5 nitrogen and oxygen atoms in total. The third-order valence-corrected chi connectivity index (χ3v) is 5.28. The van der Waals surface area contributed by atoms with E-state index in [0.717, 1.165) is 18.2 Å². The smallest absolute Gasteiger partial charge is 0.306 e. The maximum Gasteiger partial charge on any atom is 0.306 e. The highest BCUT2D eigenvalue weighted by molar-refractivity contribution is 7.86. The molecule has 27 heavy (non-hydrogen) atoms. The number of carbonyl (C=O) groups is 1. The molecule has 2 rings (SSSR count). The number of amides is 1. The molecule has 8 heteroatoms. The average Bonchev–Trinajstić information content (AvgIpc) is 2.59. The van der Waals surface area contributed by atoms with Crippen LogP contribution in [0.4, 0.5) is 0 Å². The average molecular weight is 430 g/mol. The van der Waals surface area contributed by atoms with E-state index in [1.807, 2.05) is 19.9 Å². The molecule has 1 atom stereocenters. The van der Waals surface area contributed by atoms with Crippen molar-refractivity contribution >= 4 is 39.2 Å². The van der Waals surface area contributed by atoms with Gasteiger partial charge in [0.05, 0.1) is 16.3 Å². The van der Waals surface area contributed by atoms with E-state index in [1.54, 1.807) is 41.3 Å². The van der Waals surface area contributed by atoms with Gasteiger partial charge in [0.25, 0.3) is 5.91 Å². The van der Waals surface area contributed by atoms with Gasteiger partial charge in [0.15, 0.2) is 0 Å². The second-order valence-corrected chi connectivity index (χ2v) is 8.64. The quantitative estimate of drug-likeness (QED) is 0.594. The van der Waals surface area contributed by atoms with Crippen molar-refractivity contribution in [2.24, 2.45) is 0 Å². The van der Waals surface area contributed by atoms with Crippen molar-refractivity contribution in [1.82, 2.24) is 4.90 Å². The molecule has 0 saturated heterocycles. The second kappa shape index (κ2) is 8.95. The summed E-state index contributed by atoms with van der Waals surface area (Å²) < 4.78 is 27.6. The van der Waals surface area contributed by atoms with Crippen LogP contribution in [-0.2, 0) is 16.7 Å². The second-order valence-electron chi connectivity index (χ2n) is 6.25. The fourth-order valence-corrected chi connectivity index (χ4v) is 3.26. The van der Waals surface area contributed by atoms with E-state index in [1.165, 1.54) is 0 Å². The maximum atomic E-state index is 13.0. The normalized spacial score (nSPS) is 12.5. The molecule has 0 aromatic heterocycles. The first-order valence-electron chi connectivity index (χ1n) is 8.35. The van der Waals surface area contributed by atoms with Gasteiger partial charge < -0.3 is 9.08 Å². The van der Waals surface area contributed by atoms with Gasteiger partial charge in [0.2, 0.25) is 0 Å². The number of hydrogen-bond donors (Lipinski definition) is 0. The van der Waals surface area contributed by atoms with Crippen LogP contribution in [0.5, 0.6) is 5.75 Å². The van der Waals surface area contributed by atoms with Crippen LogP contribution in [0.15, 0.2) is 42.5 Å². The molecule has 2 aromatic carbocycles. The highest BCUT2D eigenvalue weighted by Crippen LogP contribution is 2.25. The summed E-state index contributed by atoms with van der Waals surface area (Å²) in [6.45, 7) is 4.24. The Balaban J connectivity index is 2.30. The van der Waals surface area contributed by atoms with E-state index in [-0.39, 0.29) is 17.7 Å². The molecular weight excluding hydrogens is 409 g/mol. The van der Waals surface area contributed by atoms with Crippen LogP contribution in [0.2, 0.25) is 10.0 Å². The summed E-state index contributed by atoms with van der Waals surface area (Å²) in [5.74, 6) is 0.0263. The lowest BCUT2D eigenvalue weighted by Crippen LogP contribution is -2.37. The SMILES string of the molecule is CCC(C)N(Cc1cccc(OS(C)(=O)=O)c1)C(=O)c1ccc(Cl)c(Cl)c1. The molecule has 0 spiro atoms. The summed E-state index contributed by atoms with van der Waals surface area (Å²) in [7, 11) is -3.62. The van der Waals surface area contributed by atoms with Crippen LogP contribution in [-0.4, -0.2) is 31.5 Å². The number of nitrogens with zero attached hydrogens (tertiary/aromatic N) is 1. The van der Waals surface area contributed by atoms with E-state index in [9.17, 15) is 13.2 Å². The van der Waals surface area contributed by atoms with E-state index in [4.69, 9.17) is 27.4 Å². The zero-order valence-corrected chi connectivity index (χ0v) is 17.6. The van der Waals surface area contributed by atoms with Crippen molar-refractivity contribution in [1.29, 1.82) is 0 Å². The summed E-state index contributed by atoms with van der Waals surface area (Å²) in [4.78, 5) is 14.7. The minimum Gasteiger partial charge on any atom is -0.383 e. The molecule has 0 aliphatic rings. The fourth-order valence-electron chi connectivity index (χ4n) is 2.51. The van der Waals surface area contributed by atoms with Gasteiger partial charge in [-0.05, 0) is 49.2 Å². The molecule has 0 saturated carbocycles. The first-order chi connectivity index (χ1) is 12.6. The zero-order chi connectivity index (χ0) is 20.2. The van der Waals surface area contributed by atoms with E-state index in [0.29, 0.717) is 22.2 Å². The summed E-state index contributed by atoms with van der Waals surface area (Å²) in [6, 6.07) is 11.4. The lowest BCUT2D eigenvalue weighted by Gasteiger charge is -2.29. The lowest BCUT2D eigenvalue weighted by atomic mass is 10.1. The van der Waals surface area contributed by atoms with Gasteiger partial charge in [-0.2, -0.15) is 8.42 Å². The van der Waals surface area contributed by atoms with Crippen LogP contribution in [0.25, 0.3) is 0 Å². The molecule has 0 aliphatic heterocycles. The third kappa shape index (κ3) is 6.13. The van der Waals surface area contributed by atoms with Crippen molar-refractivity contribution in [2.45, 2.75) is 32.9 Å². The highest BCUT2D eigenvalue weighted by Gasteiger charge is 2.22. The Bertz CT molecular complexity index is 931. The molecule has 0 aliphatic carbocycles. The lowest BCUT2D eigenvalue weighted by molar-refractivity contribution is 0.0671.